The maximum Gasteiger partial charge on any atom is 0.424 e. The van der Waals surface area contributed by atoms with Gasteiger partial charge in [-0.05, 0) is 75.0 Å². The van der Waals surface area contributed by atoms with Crippen LogP contribution in [0, 0.1) is 6.92 Å². The lowest BCUT2D eigenvalue weighted by molar-refractivity contribution is -0.130. The van der Waals surface area contributed by atoms with Crippen LogP contribution in [0.3, 0.4) is 0 Å². The average Bonchev–Trinajstić information content (AvgIpc) is 3.58. The molecule has 18 heteroatoms. The Kier molecular flexibility index (Phi) is 12.8. The van der Waals surface area contributed by atoms with Crippen molar-refractivity contribution in [2.24, 2.45) is 0 Å². The number of imide groups is 1. The van der Waals surface area contributed by atoms with E-state index in [0.29, 0.717) is 85.9 Å². The summed E-state index contributed by atoms with van der Waals surface area (Å²) in [7, 11) is 8.14. The number of hydrogen-bond acceptors (Lipinski definition) is 14. The number of likely N-dealkylation sites (N-methyl/N-ethyl adjacent to an activating group) is 1. The number of ether oxygens (including phenoxy) is 5. The summed E-state index contributed by atoms with van der Waals surface area (Å²) in [4.78, 5) is 57.5. The number of carboxylic acid groups (broad SMARTS) is 1. The van der Waals surface area contributed by atoms with E-state index in [9.17, 15) is 19.5 Å². The number of rotatable bonds is 13. The minimum Gasteiger partial charge on any atom is -0.496 e. The van der Waals surface area contributed by atoms with Gasteiger partial charge in [0.2, 0.25) is 5.91 Å². The van der Waals surface area contributed by atoms with Crippen LogP contribution < -0.4 is 34.1 Å². The zero-order chi connectivity index (χ0) is 45.9. The predicted octanol–water partition coefficient (Wildman–Crippen LogP) is 7.62. The van der Waals surface area contributed by atoms with Gasteiger partial charge in [0, 0.05) is 55.1 Å². The molecule has 3 amide bonds. The number of pyridine rings is 3. The molecule has 1 aliphatic heterocycles. The molecule has 2 aromatic carbocycles. The number of fused-ring (bicyclic) bond motifs is 2. The van der Waals surface area contributed by atoms with Crippen LogP contribution in [-0.4, -0.2) is 100 Å². The molecule has 0 fully saturated rings. The number of nitrogens with one attached hydrogen (secondary N) is 1. The highest BCUT2D eigenvalue weighted by molar-refractivity contribution is 6.09. The van der Waals surface area contributed by atoms with Gasteiger partial charge in [0.05, 0.1) is 70.2 Å². The van der Waals surface area contributed by atoms with Crippen molar-refractivity contribution in [1.82, 2.24) is 29.6 Å². The first-order valence-corrected chi connectivity index (χ1v) is 20.4. The Balaban J connectivity index is 1.44. The lowest BCUT2D eigenvalue weighted by Gasteiger charge is -2.29. The Morgan fingerprint density at radius 2 is 1.47 bits per heavy atom. The fourth-order valence-corrected chi connectivity index (χ4v) is 7.56. The normalized spacial score (nSPS) is 12.6. The molecular formula is C46H51N9O9. The maximum absolute atomic E-state index is 13.4. The quantitative estimate of drug-likeness (QED) is 0.115. The second-order valence-electron chi connectivity index (χ2n) is 16.1. The van der Waals surface area contributed by atoms with Gasteiger partial charge < -0.3 is 43.9 Å². The van der Waals surface area contributed by atoms with E-state index in [1.165, 1.54) is 6.20 Å². The van der Waals surface area contributed by atoms with Crippen molar-refractivity contribution in [2.75, 3.05) is 57.1 Å². The van der Waals surface area contributed by atoms with Gasteiger partial charge >= 0.3 is 12.2 Å². The van der Waals surface area contributed by atoms with Gasteiger partial charge in [-0.2, -0.15) is 10.00 Å². The highest BCUT2D eigenvalue weighted by Crippen LogP contribution is 2.40. The molecule has 5 heterocycles. The first kappa shape index (κ1) is 44.4. The molecule has 0 saturated carbocycles. The average molecular weight is 874 g/mol. The van der Waals surface area contributed by atoms with E-state index in [2.05, 4.69) is 15.4 Å². The van der Waals surface area contributed by atoms with Crippen LogP contribution in [0.25, 0.3) is 22.0 Å². The van der Waals surface area contributed by atoms with E-state index in [1.54, 1.807) is 85.2 Å². The zero-order valence-corrected chi connectivity index (χ0v) is 37.3. The first-order valence-electron chi connectivity index (χ1n) is 20.4. The predicted molar refractivity (Wildman–Crippen MR) is 240 cm³/mol. The lowest BCUT2D eigenvalue weighted by Crippen LogP contribution is -2.40. The number of anilines is 4. The molecule has 0 atom stereocenters. The van der Waals surface area contributed by atoms with Crippen molar-refractivity contribution in [1.29, 1.82) is 0 Å². The molecule has 64 heavy (non-hydrogen) atoms. The largest absolute Gasteiger partial charge is 0.496 e. The summed E-state index contributed by atoms with van der Waals surface area (Å²) in [5, 5.41) is 19.7. The van der Waals surface area contributed by atoms with E-state index >= 15 is 0 Å². The zero-order valence-electron chi connectivity index (χ0n) is 37.3. The summed E-state index contributed by atoms with van der Waals surface area (Å²) in [6.07, 6.45) is 2.61. The van der Waals surface area contributed by atoms with Crippen molar-refractivity contribution < 1.29 is 43.2 Å². The second kappa shape index (κ2) is 18.4. The highest BCUT2D eigenvalue weighted by atomic mass is 16.6. The van der Waals surface area contributed by atoms with Crippen molar-refractivity contribution in [2.45, 2.75) is 59.4 Å². The van der Waals surface area contributed by atoms with Gasteiger partial charge in [-0.3, -0.25) is 14.5 Å². The van der Waals surface area contributed by atoms with Crippen LogP contribution in [0.1, 0.15) is 43.2 Å². The van der Waals surface area contributed by atoms with Crippen LogP contribution in [0.4, 0.5) is 32.7 Å². The molecule has 18 nitrogen and oxygen atoms in total. The van der Waals surface area contributed by atoms with Gasteiger partial charge in [-0.15, -0.1) is 0 Å². The SMILES string of the molecule is COc1cccc(OC)c1CN(Cc1c(OC)cccc1OC)c1nc(-c2cncc(N(C(=O)O)C(=O)OC(C)(C)C)c2C)cc2cc(Nc3cc4n(n3)CC(=O)N(C)CC4)ncc12. The smallest absolute Gasteiger partial charge is 0.424 e. The minimum absolute atomic E-state index is 0.00150. The van der Waals surface area contributed by atoms with Crippen LogP contribution in [0.15, 0.2) is 73.2 Å². The van der Waals surface area contributed by atoms with Crippen LogP contribution >= 0.6 is 0 Å². The molecule has 0 unspecified atom stereocenters. The standard InChI is InChI=1S/C46H51N9O9/c1-27-30(21-47-23-35(27)55(44(57)58)45(59)64-46(2,3)4)34-18-28-19-40(50-41-20-29-16-17-52(5)42(56)26-54(29)51-41)48-22-31(28)43(49-34)53(24-32-36(60-6)12-10-13-37(32)61-7)25-33-38(62-8)14-11-15-39(33)63-9/h10-15,18-23H,16-17,24-26H2,1-9H3,(H,57,58)(H,48,50,51). The van der Waals surface area contributed by atoms with E-state index in [-0.39, 0.29) is 31.2 Å². The Labute approximate surface area is 370 Å². The van der Waals surface area contributed by atoms with Crippen molar-refractivity contribution >= 4 is 52.0 Å². The molecule has 6 aromatic rings. The molecule has 0 saturated heterocycles. The number of methoxy groups -OCH3 is 4. The Bertz CT molecular complexity index is 2630. The summed E-state index contributed by atoms with van der Waals surface area (Å²) in [5.74, 6) is 3.74. The van der Waals surface area contributed by atoms with E-state index in [4.69, 9.17) is 33.7 Å². The van der Waals surface area contributed by atoms with Crippen LogP contribution in [-0.2, 0) is 35.6 Å². The molecule has 0 bridgehead atoms. The van der Waals surface area contributed by atoms with Crippen molar-refractivity contribution in [3.05, 3.63) is 95.6 Å². The van der Waals surface area contributed by atoms with Gasteiger partial charge in [-0.25, -0.2) is 19.6 Å². The third-order valence-corrected chi connectivity index (χ3v) is 10.8. The maximum atomic E-state index is 13.4. The first-order chi connectivity index (χ1) is 30.6. The summed E-state index contributed by atoms with van der Waals surface area (Å²) in [5.41, 5.74) is 2.64. The minimum atomic E-state index is -1.54. The molecule has 1 aliphatic rings. The number of benzene rings is 2. The molecule has 2 N–H and O–H groups in total. The second-order valence-corrected chi connectivity index (χ2v) is 16.1. The Morgan fingerprint density at radius 1 is 0.859 bits per heavy atom. The third kappa shape index (κ3) is 9.25. The third-order valence-electron chi connectivity index (χ3n) is 10.8. The number of carbonyl (C=O) groups is 3. The van der Waals surface area contributed by atoms with Crippen LogP contribution in [0.2, 0.25) is 0 Å². The summed E-state index contributed by atoms with van der Waals surface area (Å²) in [6, 6.07) is 16.7. The number of aromatic nitrogens is 5. The van der Waals surface area contributed by atoms with Crippen molar-refractivity contribution in [3.8, 4) is 34.3 Å². The number of amides is 3. The molecule has 4 aromatic heterocycles. The molecule has 334 valence electrons. The number of nitrogens with zero attached hydrogens (tertiary/aromatic N) is 8. The monoisotopic (exact) mass is 873 g/mol. The lowest BCUT2D eigenvalue weighted by atomic mass is 10.0. The highest BCUT2D eigenvalue weighted by Gasteiger charge is 2.32. The Morgan fingerprint density at radius 3 is 2.03 bits per heavy atom. The molecular weight excluding hydrogens is 823 g/mol. The van der Waals surface area contributed by atoms with Crippen molar-refractivity contribution in [3.63, 3.8) is 0 Å². The number of hydrogen-bond donors (Lipinski definition) is 2. The van der Waals surface area contributed by atoms with E-state index < -0.39 is 17.8 Å². The molecule has 0 aliphatic carbocycles. The fourth-order valence-electron chi connectivity index (χ4n) is 7.56. The summed E-state index contributed by atoms with van der Waals surface area (Å²) >= 11 is 0. The molecule has 0 spiro atoms. The van der Waals surface area contributed by atoms with Gasteiger partial charge in [-0.1, -0.05) is 12.1 Å². The van der Waals surface area contributed by atoms with E-state index in [1.807, 2.05) is 59.5 Å². The van der Waals surface area contributed by atoms with E-state index in [0.717, 1.165) is 16.8 Å². The van der Waals surface area contributed by atoms with Gasteiger partial charge in [0.25, 0.3) is 0 Å². The fraction of sp³-hybridized carbons (Fsp3) is 0.326. The summed E-state index contributed by atoms with van der Waals surface area (Å²) in [6.45, 7) is 7.76. The Hall–Kier alpha value is -7.63. The van der Waals surface area contributed by atoms with Gasteiger partial charge in [0.15, 0.2) is 5.82 Å². The van der Waals surface area contributed by atoms with Gasteiger partial charge in [0.1, 0.15) is 46.8 Å². The molecule has 7 rings (SSSR count). The number of carbonyl (C=O) groups excluding carboxylic acids is 2. The summed E-state index contributed by atoms with van der Waals surface area (Å²) < 4.78 is 30.6. The van der Waals surface area contributed by atoms with Crippen LogP contribution in [0.5, 0.6) is 23.0 Å². The topological polar surface area (TPSA) is 196 Å². The molecule has 0 radical (unpaired) electrons.